The first-order chi connectivity index (χ1) is 14.7. The second-order valence-electron chi connectivity index (χ2n) is 6.86. The number of amides is 2. The van der Waals surface area contributed by atoms with Crippen molar-refractivity contribution in [3.05, 3.63) is 68.2 Å². The van der Waals surface area contributed by atoms with E-state index in [1.807, 2.05) is 0 Å². The Hall–Kier alpha value is -2.55. The first kappa shape index (κ1) is 23.1. The van der Waals surface area contributed by atoms with Gasteiger partial charge in [-0.25, -0.2) is 0 Å². The Kier molecular flexibility index (Phi) is 7.59. The molecule has 1 fully saturated rings. The Morgan fingerprint density at radius 1 is 1.03 bits per heavy atom. The topological polar surface area (TPSA) is 83.8 Å². The Morgan fingerprint density at radius 2 is 1.65 bits per heavy atom. The molecule has 0 spiro atoms. The van der Waals surface area contributed by atoms with E-state index in [0.717, 1.165) is 0 Å². The molecular formula is C21H19Cl2N3O4S. The third kappa shape index (κ3) is 6.22. The van der Waals surface area contributed by atoms with Gasteiger partial charge in [0.15, 0.2) is 0 Å². The van der Waals surface area contributed by atoms with E-state index in [1.54, 1.807) is 46.2 Å². The van der Waals surface area contributed by atoms with Crippen molar-refractivity contribution >= 4 is 58.5 Å². The average molecular weight is 480 g/mol. The number of rotatable bonds is 5. The molecule has 10 heteroatoms. The lowest BCUT2D eigenvalue weighted by Gasteiger charge is -2.33. The van der Waals surface area contributed by atoms with Crippen LogP contribution < -0.4 is 0 Å². The molecule has 7 nitrogen and oxygen atoms in total. The number of nitrogens with zero attached hydrogens (tertiary/aromatic N) is 3. The summed E-state index contributed by atoms with van der Waals surface area (Å²) in [7, 11) is 0. The van der Waals surface area contributed by atoms with Crippen LogP contribution in [-0.2, 0) is 9.59 Å². The SMILES string of the molecule is CC(=O)N1CCN(C(=O)C=Cc2ccc(Sc3cc(Cl)cc(Cl)c3)c([N+](=O)[O-])c2)CC1. The van der Waals surface area contributed by atoms with Crippen LogP contribution in [0.4, 0.5) is 5.69 Å². The molecule has 3 rings (SSSR count). The van der Waals surface area contributed by atoms with Crippen molar-refractivity contribution in [3.8, 4) is 0 Å². The van der Waals surface area contributed by atoms with Crippen molar-refractivity contribution in [1.82, 2.24) is 9.80 Å². The molecular weight excluding hydrogens is 461 g/mol. The molecule has 2 aromatic rings. The fourth-order valence-corrected chi connectivity index (χ4v) is 4.75. The van der Waals surface area contributed by atoms with Crippen molar-refractivity contribution in [1.29, 1.82) is 0 Å². The molecule has 1 aliphatic heterocycles. The monoisotopic (exact) mass is 479 g/mol. The Labute approximate surface area is 193 Å². The lowest BCUT2D eigenvalue weighted by Crippen LogP contribution is -2.49. The van der Waals surface area contributed by atoms with Crippen molar-refractivity contribution in [2.45, 2.75) is 16.7 Å². The van der Waals surface area contributed by atoms with Gasteiger partial charge >= 0.3 is 0 Å². The van der Waals surface area contributed by atoms with Crippen LogP contribution in [-0.4, -0.2) is 52.7 Å². The summed E-state index contributed by atoms with van der Waals surface area (Å²) >= 11 is 13.2. The van der Waals surface area contributed by atoms with Crippen LogP contribution in [0.1, 0.15) is 12.5 Å². The predicted molar refractivity (Wildman–Crippen MR) is 122 cm³/mol. The largest absolute Gasteiger partial charge is 0.339 e. The number of hydrogen-bond donors (Lipinski definition) is 0. The molecule has 0 radical (unpaired) electrons. The lowest BCUT2D eigenvalue weighted by molar-refractivity contribution is -0.387. The zero-order chi connectivity index (χ0) is 22.5. The summed E-state index contributed by atoms with van der Waals surface area (Å²) in [4.78, 5) is 39.4. The number of halogens is 2. The smallest absolute Gasteiger partial charge is 0.283 e. The van der Waals surface area contributed by atoms with Crippen molar-refractivity contribution in [3.63, 3.8) is 0 Å². The quantitative estimate of drug-likeness (QED) is 0.350. The minimum atomic E-state index is -0.464. The van der Waals surface area contributed by atoms with Crippen molar-refractivity contribution in [2.75, 3.05) is 26.2 Å². The van der Waals surface area contributed by atoms with E-state index in [1.165, 1.54) is 30.8 Å². The number of carbonyl (C=O) groups is 2. The zero-order valence-electron chi connectivity index (χ0n) is 16.6. The number of nitro groups is 1. The van der Waals surface area contributed by atoms with Crippen LogP contribution in [0.5, 0.6) is 0 Å². The van der Waals surface area contributed by atoms with Crippen molar-refractivity contribution < 1.29 is 14.5 Å². The van der Waals surface area contributed by atoms with E-state index in [2.05, 4.69) is 0 Å². The molecule has 0 atom stereocenters. The molecule has 162 valence electrons. The predicted octanol–water partition coefficient (Wildman–Crippen LogP) is 4.76. The Bertz CT molecular complexity index is 1030. The molecule has 0 N–H and O–H groups in total. The van der Waals surface area contributed by atoms with Gasteiger partial charge in [-0.05, 0) is 35.9 Å². The molecule has 2 amide bonds. The van der Waals surface area contributed by atoms with E-state index < -0.39 is 4.92 Å². The molecule has 1 aliphatic rings. The zero-order valence-corrected chi connectivity index (χ0v) is 18.9. The summed E-state index contributed by atoms with van der Waals surface area (Å²) < 4.78 is 0. The lowest BCUT2D eigenvalue weighted by atomic mass is 10.2. The van der Waals surface area contributed by atoms with Gasteiger partial charge < -0.3 is 9.80 Å². The van der Waals surface area contributed by atoms with E-state index in [9.17, 15) is 19.7 Å². The molecule has 0 saturated carbocycles. The fraction of sp³-hybridized carbons (Fsp3) is 0.238. The number of hydrogen-bond acceptors (Lipinski definition) is 5. The summed E-state index contributed by atoms with van der Waals surface area (Å²) in [5.74, 6) is -0.203. The summed E-state index contributed by atoms with van der Waals surface area (Å²) in [5, 5.41) is 12.5. The molecule has 2 aromatic carbocycles. The maximum atomic E-state index is 12.4. The van der Waals surface area contributed by atoms with Crippen LogP contribution in [0.3, 0.4) is 0 Å². The first-order valence-electron chi connectivity index (χ1n) is 9.38. The Morgan fingerprint density at radius 3 is 2.23 bits per heavy atom. The van der Waals surface area contributed by atoms with Gasteiger partial charge in [0, 0.05) is 60.2 Å². The van der Waals surface area contributed by atoms with Gasteiger partial charge in [0.2, 0.25) is 11.8 Å². The third-order valence-corrected chi connectivity index (χ3v) is 6.17. The van der Waals surface area contributed by atoms with Gasteiger partial charge in [0.25, 0.3) is 5.69 Å². The maximum absolute atomic E-state index is 12.4. The molecule has 0 unspecified atom stereocenters. The second kappa shape index (κ2) is 10.2. The van der Waals surface area contributed by atoms with E-state index in [4.69, 9.17) is 23.2 Å². The van der Waals surface area contributed by atoms with E-state index in [-0.39, 0.29) is 17.5 Å². The molecule has 0 aliphatic carbocycles. The van der Waals surface area contributed by atoms with Gasteiger partial charge in [-0.1, -0.05) is 41.0 Å². The summed E-state index contributed by atoms with van der Waals surface area (Å²) in [6, 6.07) is 9.71. The highest BCUT2D eigenvalue weighted by Crippen LogP contribution is 2.37. The van der Waals surface area contributed by atoms with Crippen LogP contribution in [0.15, 0.2) is 52.3 Å². The van der Waals surface area contributed by atoms with E-state index >= 15 is 0 Å². The van der Waals surface area contributed by atoms with Gasteiger partial charge in [-0.2, -0.15) is 0 Å². The molecule has 0 aromatic heterocycles. The molecule has 31 heavy (non-hydrogen) atoms. The summed E-state index contributed by atoms with van der Waals surface area (Å²) in [6.45, 7) is 3.42. The minimum Gasteiger partial charge on any atom is -0.339 e. The highest BCUT2D eigenvalue weighted by atomic mass is 35.5. The van der Waals surface area contributed by atoms with Gasteiger partial charge in [0.05, 0.1) is 9.82 Å². The molecule has 1 saturated heterocycles. The first-order valence-corrected chi connectivity index (χ1v) is 10.9. The minimum absolute atomic E-state index is 0.00652. The summed E-state index contributed by atoms with van der Waals surface area (Å²) in [6.07, 6.45) is 2.95. The fourth-order valence-electron chi connectivity index (χ4n) is 3.10. The molecule has 1 heterocycles. The Balaban J connectivity index is 1.72. The normalized spacial score (nSPS) is 14.2. The van der Waals surface area contributed by atoms with Gasteiger partial charge in [0.1, 0.15) is 0 Å². The average Bonchev–Trinajstić information content (AvgIpc) is 2.72. The van der Waals surface area contributed by atoms with Crippen LogP contribution in [0.2, 0.25) is 10.0 Å². The number of carbonyl (C=O) groups excluding carboxylic acids is 2. The van der Waals surface area contributed by atoms with Crippen molar-refractivity contribution in [2.24, 2.45) is 0 Å². The van der Waals surface area contributed by atoms with Crippen LogP contribution >= 0.6 is 35.0 Å². The third-order valence-electron chi connectivity index (χ3n) is 4.70. The standard InChI is InChI=1S/C21H19Cl2N3O4S/c1-14(27)24-6-8-25(9-7-24)21(28)5-3-15-2-4-20(19(10-15)26(29)30)31-18-12-16(22)11-17(23)13-18/h2-5,10-13H,6-9H2,1H3. The highest BCUT2D eigenvalue weighted by molar-refractivity contribution is 7.99. The number of benzene rings is 2. The highest BCUT2D eigenvalue weighted by Gasteiger charge is 2.21. The molecule has 0 bridgehead atoms. The van der Waals surface area contributed by atoms with Crippen LogP contribution in [0, 0.1) is 10.1 Å². The van der Waals surface area contributed by atoms with Gasteiger partial charge in [-0.3, -0.25) is 19.7 Å². The maximum Gasteiger partial charge on any atom is 0.283 e. The number of nitro benzene ring substituents is 1. The van der Waals surface area contributed by atoms with E-state index in [0.29, 0.717) is 51.6 Å². The van der Waals surface area contributed by atoms with Gasteiger partial charge in [-0.15, -0.1) is 0 Å². The summed E-state index contributed by atoms with van der Waals surface area (Å²) in [5.41, 5.74) is 0.460. The van der Waals surface area contributed by atoms with Crippen LogP contribution in [0.25, 0.3) is 6.08 Å². The number of piperazine rings is 1. The second-order valence-corrected chi connectivity index (χ2v) is 8.84.